The van der Waals surface area contributed by atoms with Crippen molar-refractivity contribution in [3.05, 3.63) is 70.8 Å². The van der Waals surface area contributed by atoms with E-state index in [1.807, 2.05) is 0 Å². The van der Waals surface area contributed by atoms with Crippen LogP contribution in [0.25, 0.3) is 0 Å². The average molecular weight is 327 g/mol. The molecule has 6 heteroatoms. The predicted molar refractivity (Wildman–Crippen MR) is 86.7 cm³/mol. The van der Waals surface area contributed by atoms with Gasteiger partial charge in [0.2, 0.25) is 0 Å². The first-order valence-electron chi connectivity index (χ1n) is 7.19. The molecule has 0 bridgehead atoms. The van der Waals surface area contributed by atoms with Gasteiger partial charge in [-0.15, -0.1) is 0 Å². The van der Waals surface area contributed by atoms with Crippen molar-refractivity contribution in [1.29, 1.82) is 0 Å². The Morgan fingerprint density at radius 1 is 0.833 bits per heavy atom. The van der Waals surface area contributed by atoms with E-state index >= 15 is 0 Å². The molecule has 124 valence electrons. The van der Waals surface area contributed by atoms with Crippen molar-refractivity contribution in [1.82, 2.24) is 5.32 Å². The van der Waals surface area contributed by atoms with Gasteiger partial charge in [-0.05, 0) is 29.8 Å². The molecule has 0 aliphatic heterocycles. The second-order valence-corrected chi connectivity index (χ2v) is 4.91. The van der Waals surface area contributed by atoms with Crippen LogP contribution < -0.4 is 5.32 Å². The number of hydrogen-bond acceptors (Lipinski definition) is 5. The highest BCUT2D eigenvalue weighted by Crippen LogP contribution is 2.11. The van der Waals surface area contributed by atoms with Gasteiger partial charge in [-0.2, -0.15) is 0 Å². The van der Waals surface area contributed by atoms with E-state index in [0.29, 0.717) is 5.56 Å². The zero-order chi connectivity index (χ0) is 17.5. The molecule has 0 heterocycles. The molecule has 2 aromatic rings. The van der Waals surface area contributed by atoms with Crippen molar-refractivity contribution in [2.45, 2.75) is 6.54 Å². The van der Waals surface area contributed by atoms with Gasteiger partial charge in [0.25, 0.3) is 5.91 Å². The number of rotatable bonds is 5. The van der Waals surface area contributed by atoms with Crippen LogP contribution in [0.4, 0.5) is 0 Å². The summed E-state index contributed by atoms with van der Waals surface area (Å²) in [5, 5.41) is 2.73. The van der Waals surface area contributed by atoms with Crippen LogP contribution in [-0.4, -0.2) is 32.1 Å². The van der Waals surface area contributed by atoms with E-state index < -0.39 is 11.9 Å². The van der Waals surface area contributed by atoms with E-state index in [0.717, 1.165) is 5.56 Å². The molecule has 0 saturated carbocycles. The van der Waals surface area contributed by atoms with Crippen molar-refractivity contribution in [3.63, 3.8) is 0 Å². The molecule has 0 aliphatic carbocycles. The maximum absolute atomic E-state index is 12.3. The Labute approximate surface area is 139 Å². The molecule has 0 radical (unpaired) electrons. The number of hydrogen-bond donors (Lipinski definition) is 1. The molecule has 1 amide bonds. The Hall–Kier alpha value is -3.15. The highest BCUT2D eigenvalue weighted by atomic mass is 16.5. The molecule has 0 aromatic heterocycles. The van der Waals surface area contributed by atoms with Crippen LogP contribution >= 0.6 is 0 Å². The van der Waals surface area contributed by atoms with Gasteiger partial charge in [0.15, 0.2) is 0 Å². The molecule has 0 saturated heterocycles. The first kappa shape index (κ1) is 17.2. The van der Waals surface area contributed by atoms with E-state index in [4.69, 9.17) is 0 Å². The van der Waals surface area contributed by atoms with Crippen molar-refractivity contribution in [2.75, 3.05) is 14.2 Å². The summed E-state index contributed by atoms with van der Waals surface area (Å²) < 4.78 is 9.30. The average Bonchev–Trinajstić information content (AvgIpc) is 2.65. The van der Waals surface area contributed by atoms with Crippen LogP contribution in [-0.2, 0) is 16.0 Å². The van der Waals surface area contributed by atoms with Gasteiger partial charge in [-0.1, -0.05) is 24.3 Å². The van der Waals surface area contributed by atoms with Crippen LogP contribution in [0, 0.1) is 0 Å². The van der Waals surface area contributed by atoms with Crippen LogP contribution in [0.15, 0.2) is 48.5 Å². The Balaban J connectivity index is 2.06. The van der Waals surface area contributed by atoms with Gasteiger partial charge in [0.1, 0.15) is 0 Å². The highest BCUT2D eigenvalue weighted by molar-refractivity contribution is 6.05. The highest BCUT2D eigenvalue weighted by Gasteiger charge is 2.16. The van der Waals surface area contributed by atoms with E-state index in [1.165, 1.54) is 20.3 Å². The van der Waals surface area contributed by atoms with E-state index in [2.05, 4.69) is 14.8 Å². The largest absolute Gasteiger partial charge is 0.465 e. The Bertz CT molecular complexity index is 752. The first-order chi connectivity index (χ1) is 11.6. The van der Waals surface area contributed by atoms with E-state index in [9.17, 15) is 14.4 Å². The van der Waals surface area contributed by atoms with Gasteiger partial charge in [-0.3, -0.25) is 4.79 Å². The second kappa shape index (κ2) is 7.92. The number of ether oxygens (including phenoxy) is 2. The lowest BCUT2D eigenvalue weighted by Crippen LogP contribution is -2.25. The topological polar surface area (TPSA) is 81.7 Å². The lowest BCUT2D eigenvalue weighted by Gasteiger charge is -2.09. The molecule has 2 rings (SSSR count). The molecule has 1 N–H and O–H groups in total. The van der Waals surface area contributed by atoms with Crippen molar-refractivity contribution in [2.24, 2.45) is 0 Å². The van der Waals surface area contributed by atoms with Gasteiger partial charge in [-0.25, -0.2) is 9.59 Å². The molecular formula is C18H17NO5. The minimum Gasteiger partial charge on any atom is -0.465 e. The molecule has 2 aromatic carbocycles. The van der Waals surface area contributed by atoms with Crippen LogP contribution in [0.3, 0.4) is 0 Å². The molecule has 24 heavy (non-hydrogen) atoms. The van der Waals surface area contributed by atoms with Gasteiger partial charge in [0, 0.05) is 6.54 Å². The van der Waals surface area contributed by atoms with Crippen LogP contribution in [0.2, 0.25) is 0 Å². The fraction of sp³-hybridized carbons (Fsp3) is 0.167. The van der Waals surface area contributed by atoms with Crippen molar-refractivity contribution >= 4 is 17.8 Å². The maximum atomic E-state index is 12.3. The van der Waals surface area contributed by atoms with Gasteiger partial charge >= 0.3 is 11.9 Å². The van der Waals surface area contributed by atoms with E-state index in [1.54, 1.807) is 42.5 Å². The molecule has 6 nitrogen and oxygen atoms in total. The Kier molecular flexibility index (Phi) is 5.68. The third-order valence-electron chi connectivity index (χ3n) is 3.41. The fourth-order valence-corrected chi connectivity index (χ4v) is 2.12. The number of carbonyl (C=O) groups is 3. The number of nitrogens with one attached hydrogen (secondary N) is 1. The predicted octanol–water partition coefficient (Wildman–Crippen LogP) is 2.19. The summed E-state index contributed by atoms with van der Waals surface area (Å²) in [5.74, 6) is -1.37. The molecule has 0 spiro atoms. The smallest absolute Gasteiger partial charge is 0.338 e. The van der Waals surface area contributed by atoms with Gasteiger partial charge in [0.05, 0.1) is 30.9 Å². The summed E-state index contributed by atoms with van der Waals surface area (Å²) in [5.41, 5.74) is 1.70. The van der Waals surface area contributed by atoms with Crippen molar-refractivity contribution in [3.8, 4) is 0 Å². The zero-order valence-corrected chi connectivity index (χ0v) is 13.4. The molecule has 0 atom stereocenters. The summed E-state index contributed by atoms with van der Waals surface area (Å²) in [6.45, 7) is 0.260. The lowest BCUT2D eigenvalue weighted by molar-refractivity contribution is 0.0590. The third-order valence-corrected chi connectivity index (χ3v) is 3.41. The number of carbonyl (C=O) groups excluding carboxylic acids is 3. The Morgan fingerprint density at radius 2 is 1.42 bits per heavy atom. The summed E-state index contributed by atoms with van der Waals surface area (Å²) in [6, 6.07) is 13.1. The summed E-state index contributed by atoms with van der Waals surface area (Å²) >= 11 is 0. The first-order valence-corrected chi connectivity index (χ1v) is 7.19. The minimum absolute atomic E-state index is 0.207. The third kappa shape index (κ3) is 3.98. The zero-order valence-electron chi connectivity index (χ0n) is 13.4. The normalized spacial score (nSPS) is 9.92. The van der Waals surface area contributed by atoms with Crippen LogP contribution in [0.5, 0.6) is 0 Å². The lowest BCUT2D eigenvalue weighted by atomic mass is 10.1. The monoisotopic (exact) mass is 327 g/mol. The quantitative estimate of drug-likeness (QED) is 0.851. The fourth-order valence-electron chi connectivity index (χ4n) is 2.12. The number of amides is 1. The van der Waals surface area contributed by atoms with Crippen LogP contribution in [0.1, 0.15) is 36.6 Å². The SMILES string of the molecule is COC(=O)c1ccc(CNC(=O)c2ccccc2C(=O)OC)cc1. The summed E-state index contributed by atoms with van der Waals surface area (Å²) in [7, 11) is 2.58. The summed E-state index contributed by atoms with van der Waals surface area (Å²) in [4.78, 5) is 35.4. The maximum Gasteiger partial charge on any atom is 0.338 e. The summed E-state index contributed by atoms with van der Waals surface area (Å²) in [6.07, 6.45) is 0. The second-order valence-electron chi connectivity index (χ2n) is 4.91. The molecule has 0 fully saturated rings. The standard InChI is InChI=1S/C18H17NO5/c1-23-17(21)13-9-7-12(8-10-13)11-19-16(20)14-5-3-4-6-15(14)18(22)24-2/h3-10H,11H2,1-2H3,(H,19,20). The van der Waals surface area contributed by atoms with Gasteiger partial charge < -0.3 is 14.8 Å². The molecule has 0 aliphatic rings. The van der Waals surface area contributed by atoms with E-state index in [-0.39, 0.29) is 23.6 Å². The minimum atomic E-state index is -0.566. The number of benzene rings is 2. The number of methoxy groups -OCH3 is 2. The van der Waals surface area contributed by atoms with Crippen molar-refractivity contribution < 1.29 is 23.9 Å². The number of esters is 2. The molecule has 0 unspecified atom stereocenters. The Morgan fingerprint density at radius 3 is 2.00 bits per heavy atom. The molecular weight excluding hydrogens is 310 g/mol.